The fourth-order valence-corrected chi connectivity index (χ4v) is 2.37. The Kier molecular flexibility index (Phi) is 3.81. The zero-order chi connectivity index (χ0) is 13.1. The molecule has 0 aliphatic heterocycles. The van der Waals surface area contributed by atoms with Crippen LogP contribution in [-0.4, -0.2) is 20.6 Å². The first-order valence-electron chi connectivity index (χ1n) is 5.56. The predicted molar refractivity (Wildman–Crippen MR) is 71.7 cm³/mol. The first-order valence-corrected chi connectivity index (χ1v) is 6.35. The number of carboxylic acids is 1. The van der Waals surface area contributed by atoms with Gasteiger partial charge < -0.3 is 9.67 Å². The number of aryl methyl sites for hydroxylation is 3. The van der Waals surface area contributed by atoms with Crippen molar-refractivity contribution in [3.63, 3.8) is 0 Å². The van der Waals surface area contributed by atoms with Crippen molar-refractivity contribution in [1.82, 2.24) is 9.55 Å². The first kappa shape index (κ1) is 12.8. The van der Waals surface area contributed by atoms with Crippen LogP contribution in [0.2, 0.25) is 0 Å². The molecule has 0 aliphatic rings. The number of carboxylic acid groups (broad SMARTS) is 1. The molecular weight excluding hydrogens is 296 g/mol. The van der Waals surface area contributed by atoms with Crippen LogP contribution in [0.4, 0.5) is 0 Å². The number of rotatable bonds is 4. The maximum Gasteiger partial charge on any atom is 0.354 e. The SMILES string of the molecule is Cn1cnc(CCc2ccccc2Br)c1C(=O)O. The molecule has 0 spiro atoms. The van der Waals surface area contributed by atoms with Crippen molar-refractivity contribution in [2.75, 3.05) is 0 Å². The number of aromatic nitrogens is 2. The highest BCUT2D eigenvalue weighted by molar-refractivity contribution is 9.10. The molecule has 94 valence electrons. The summed E-state index contributed by atoms with van der Waals surface area (Å²) in [6.45, 7) is 0. The monoisotopic (exact) mass is 308 g/mol. The van der Waals surface area contributed by atoms with Crippen LogP contribution in [0.15, 0.2) is 35.1 Å². The van der Waals surface area contributed by atoms with E-state index >= 15 is 0 Å². The number of halogens is 1. The van der Waals surface area contributed by atoms with Crippen LogP contribution < -0.4 is 0 Å². The summed E-state index contributed by atoms with van der Waals surface area (Å²) in [7, 11) is 1.69. The molecule has 0 aliphatic carbocycles. The Morgan fingerprint density at radius 2 is 2.11 bits per heavy atom. The van der Waals surface area contributed by atoms with Crippen LogP contribution in [0.5, 0.6) is 0 Å². The lowest BCUT2D eigenvalue weighted by Crippen LogP contribution is -2.08. The lowest BCUT2D eigenvalue weighted by Gasteiger charge is -2.04. The van der Waals surface area contributed by atoms with Gasteiger partial charge in [0, 0.05) is 11.5 Å². The number of imidazole rings is 1. The van der Waals surface area contributed by atoms with Crippen LogP contribution >= 0.6 is 15.9 Å². The van der Waals surface area contributed by atoms with Gasteiger partial charge in [-0.05, 0) is 24.5 Å². The van der Waals surface area contributed by atoms with Gasteiger partial charge in [-0.3, -0.25) is 0 Å². The van der Waals surface area contributed by atoms with Crippen LogP contribution in [0, 0.1) is 0 Å². The highest BCUT2D eigenvalue weighted by Gasteiger charge is 2.15. The van der Waals surface area contributed by atoms with Crippen molar-refractivity contribution in [2.45, 2.75) is 12.8 Å². The van der Waals surface area contributed by atoms with Gasteiger partial charge in [-0.1, -0.05) is 34.1 Å². The third-order valence-corrected chi connectivity index (χ3v) is 3.58. The quantitative estimate of drug-likeness (QED) is 0.944. The van der Waals surface area contributed by atoms with Crippen molar-refractivity contribution in [2.24, 2.45) is 7.05 Å². The third kappa shape index (κ3) is 2.61. The van der Waals surface area contributed by atoms with Crippen molar-refractivity contribution in [1.29, 1.82) is 0 Å². The van der Waals surface area contributed by atoms with Crippen LogP contribution in [-0.2, 0) is 19.9 Å². The van der Waals surface area contributed by atoms with Crippen molar-refractivity contribution in [3.05, 3.63) is 52.0 Å². The molecule has 0 unspecified atom stereocenters. The minimum absolute atomic E-state index is 0.266. The zero-order valence-corrected chi connectivity index (χ0v) is 11.5. The Bertz CT molecular complexity index is 578. The number of benzene rings is 1. The number of hydrogen-bond acceptors (Lipinski definition) is 2. The average Bonchev–Trinajstić information content (AvgIpc) is 2.69. The molecule has 2 rings (SSSR count). The Labute approximate surface area is 113 Å². The molecule has 0 atom stereocenters. The van der Waals surface area contributed by atoms with E-state index < -0.39 is 5.97 Å². The molecule has 1 heterocycles. The fourth-order valence-electron chi connectivity index (χ4n) is 1.89. The van der Waals surface area contributed by atoms with E-state index in [1.807, 2.05) is 24.3 Å². The van der Waals surface area contributed by atoms with E-state index in [0.717, 1.165) is 16.5 Å². The lowest BCUT2D eigenvalue weighted by atomic mass is 10.1. The molecular formula is C13H13BrN2O2. The summed E-state index contributed by atoms with van der Waals surface area (Å²) in [4.78, 5) is 15.3. The summed E-state index contributed by atoms with van der Waals surface area (Å²) in [6.07, 6.45) is 2.92. The molecule has 0 saturated heterocycles. The van der Waals surface area contributed by atoms with Gasteiger partial charge in [0.05, 0.1) is 12.0 Å². The maximum atomic E-state index is 11.1. The van der Waals surface area contributed by atoms with Crippen molar-refractivity contribution >= 4 is 21.9 Å². The van der Waals surface area contributed by atoms with E-state index in [1.165, 1.54) is 4.57 Å². The molecule has 1 aromatic carbocycles. The molecule has 1 aromatic heterocycles. The fraction of sp³-hybridized carbons (Fsp3) is 0.231. The minimum Gasteiger partial charge on any atom is -0.477 e. The summed E-state index contributed by atoms with van der Waals surface area (Å²) in [5.41, 5.74) is 2.04. The molecule has 18 heavy (non-hydrogen) atoms. The summed E-state index contributed by atoms with van der Waals surface area (Å²) in [6, 6.07) is 7.92. The van der Waals surface area contributed by atoms with Gasteiger partial charge in [-0.15, -0.1) is 0 Å². The standard InChI is InChI=1S/C13H13BrN2O2/c1-16-8-15-11(12(16)13(17)18)7-6-9-4-2-3-5-10(9)14/h2-5,8H,6-7H2,1H3,(H,17,18). The Balaban J connectivity index is 2.16. The summed E-state index contributed by atoms with van der Waals surface area (Å²) in [5.74, 6) is -0.933. The summed E-state index contributed by atoms with van der Waals surface area (Å²) in [5, 5.41) is 9.12. The molecule has 5 heteroatoms. The topological polar surface area (TPSA) is 55.1 Å². The number of nitrogens with zero attached hydrogens (tertiary/aromatic N) is 2. The molecule has 0 amide bonds. The third-order valence-electron chi connectivity index (χ3n) is 2.80. The molecule has 0 radical (unpaired) electrons. The largest absolute Gasteiger partial charge is 0.477 e. The van der Waals surface area contributed by atoms with Gasteiger partial charge in [0.25, 0.3) is 0 Å². The van der Waals surface area contributed by atoms with Crippen LogP contribution in [0.1, 0.15) is 21.7 Å². The minimum atomic E-state index is -0.933. The summed E-state index contributed by atoms with van der Waals surface area (Å²) >= 11 is 3.48. The lowest BCUT2D eigenvalue weighted by molar-refractivity contribution is 0.0685. The van der Waals surface area contributed by atoms with Gasteiger partial charge in [0.1, 0.15) is 5.69 Å². The van der Waals surface area contributed by atoms with E-state index in [9.17, 15) is 4.79 Å². The number of hydrogen-bond donors (Lipinski definition) is 1. The number of carbonyl (C=O) groups is 1. The smallest absolute Gasteiger partial charge is 0.354 e. The Hall–Kier alpha value is -1.62. The highest BCUT2D eigenvalue weighted by Crippen LogP contribution is 2.18. The Morgan fingerprint density at radius 1 is 1.39 bits per heavy atom. The molecule has 1 N–H and O–H groups in total. The van der Waals surface area contributed by atoms with Gasteiger partial charge in [0.15, 0.2) is 0 Å². The van der Waals surface area contributed by atoms with Crippen molar-refractivity contribution in [3.8, 4) is 0 Å². The number of aromatic carboxylic acids is 1. The van der Waals surface area contributed by atoms with E-state index in [0.29, 0.717) is 12.1 Å². The second kappa shape index (κ2) is 5.35. The molecule has 4 nitrogen and oxygen atoms in total. The second-order valence-electron chi connectivity index (χ2n) is 4.05. The van der Waals surface area contributed by atoms with E-state index in [4.69, 9.17) is 5.11 Å². The average molecular weight is 309 g/mol. The van der Waals surface area contributed by atoms with Gasteiger partial charge >= 0.3 is 5.97 Å². The van der Waals surface area contributed by atoms with Gasteiger partial charge in [-0.2, -0.15) is 0 Å². The molecule has 0 fully saturated rings. The van der Waals surface area contributed by atoms with E-state index in [1.54, 1.807) is 13.4 Å². The normalized spacial score (nSPS) is 10.6. The first-order chi connectivity index (χ1) is 8.59. The highest BCUT2D eigenvalue weighted by atomic mass is 79.9. The van der Waals surface area contributed by atoms with Gasteiger partial charge in [0.2, 0.25) is 0 Å². The molecule has 2 aromatic rings. The molecule has 0 saturated carbocycles. The van der Waals surface area contributed by atoms with Gasteiger partial charge in [-0.25, -0.2) is 9.78 Å². The van der Waals surface area contributed by atoms with Crippen LogP contribution in [0.3, 0.4) is 0 Å². The summed E-state index contributed by atoms with van der Waals surface area (Å²) < 4.78 is 2.58. The predicted octanol–water partition coefficient (Wildman–Crippen LogP) is 2.67. The van der Waals surface area contributed by atoms with Crippen LogP contribution in [0.25, 0.3) is 0 Å². The van der Waals surface area contributed by atoms with E-state index in [2.05, 4.69) is 20.9 Å². The van der Waals surface area contributed by atoms with E-state index in [-0.39, 0.29) is 5.69 Å². The van der Waals surface area contributed by atoms with Crippen molar-refractivity contribution < 1.29 is 9.90 Å². The zero-order valence-electron chi connectivity index (χ0n) is 9.93. The maximum absolute atomic E-state index is 11.1. The second-order valence-corrected chi connectivity index (χ2v) is 4.90. The molecule has 0 bridgehead atoms. The Morgan fingerprint density at radius 3 is 2.78 bits per heavy atom.